The molecule has 0 saturated heterocycles. The first-order valence-corrected chi connectivity index (χ1v) is 8.84. The summed E-state index contributed by atoms with van der Waals surface area (Å²) in [7, 11) is 0. The number of Topliss-reactive ketones (excluding diaryl/α,β-unsaturated/α-hetero) is 1. The molecular formula is C17H28N2O4S. The van der Waals surface area contributed by atoms with Gasteiger partial charge in [0.2, 0.25) is 0 Å². The molecule has 1 aromatic heterocycles. The summed E-state index contributed by atoms with van der Waals surface area (Å²) in [5.41, 5.74) is 0. The van der Waals surface area contributed by atoms with Crippen LogP contribution in [0.1, 0.15) is 33.1 Å². The molecule has 0 aliphatic rings. The second kappa shape index (κ2) is 13.0. The molecule has 1 N–H and O–H groups in total. The number of rotatable bonds is 14. The van der Waals surface area contributed by atoms with E-state index in [0.29, 0.717) is 32.8 Å². The van der Waals surface area contributed by atoms with Crippen LogP contribution in [0.15, 0.2) is 18.3 Å². The summed E-state index contributed by atoms with van der Waals surface area (Å²) in [5.74, 6) is 1.64. The van der Waals surface area contributed by atoms with Crippen LogP contribution in [-0.4, -0.2) is 49.2 Å². The van der Waals surface area contributed by atoms with Crippen LogP contribution >= 0.6 is 12.6 Å². The van der Waals surface area contributed by atoms with Crippen molar-refractivity contribution in [2.75, 3.05) is 38.4 Å². The highest BCUT2D eigenvalue weighted by Crippen LogP contribution is 2.13. The van der Waals surface area contributed by atoms with Crippen LogP contribution in [0.25, 0.3) is 0 Å². The molecule has 0 bridgehead atoms. The SMILES string of the molecule is CCC(=O)COCCCOCCCOc1ccc(NC(C)S)nc1. The maximum atomic E-state index is 11.0. The normalized spacial score (nSPS) is 12.0. The molecule has 0 spiro atoms. The molecule has 0 aromatic carbocycles. The molecule has 0 saturated carbocycles. The van der Waals surface area contributed by atoms with Gasteiger partial charge in [0.25, 0.3) is 0 Å². The number of thiol groups is 1. The smallest absolute Gasteiger partial charge is 0.158 e. The van der Waals surface area contributed by atoms with Gasteiger partial charge in [0.15, 0.2) is 5.78 Å². The van der Waals surface area contributed by atoms with Crippen LogP contribution in [0.3, 0.4) is 0 Å². The quantitative estimate of drug-likeness (QED) is 0.303. The molecule has 1 unspecified atom stereocenters. The van der Waals surface area contributed by atoms with Crippen molar-refractivity contribution in [1.82, 2.24) is 4.98 Å². The first-order chi connectivity index (χ1) is 11.6. The van der Waals surface area contributed by atoms with Crippen LogP contribution in [-0.2, 0) is 14.3 Å². The van der Waals surface area contributed by atoms with E-state index in [9.17, 15) is 4.79 Å². The van der Waals surface area contributed by atoms with Gasteiger partial charge in [-0.05, 0) is 25.5 Å². The summed E-state index contributed by atoms with van der Waals surface area (Å²) < 4.78 is 16.3. The minimum atomic E-state index is 0.0546. The number of nitrogens with one attached hydrogen (secondary N) is 1. The summed E-state index contributed by atoms with van der Waals surface area (Å²) in [4.78, 5) is 15.3. The lowest BCUT2D eigenvalue weighted by atomic mass is 10.3. The maximum Gasteiger partial charge on any atom is 0.158 e. The molecular weight excluding hydrogens is 328 g/mol. The summed E-state index contributed by atoms with van der Waals surface area (Å²) >= 11 is 4.25. The summed E-state index contributed by atoms with van der Waals surface area (Å²) in [6.45, 7) is 6.38. The summed E-state index contributed by atoms with van der Waals surface area (Å²) in [6.07, 6.45) is 3.82. The monoisotopic (exact) mass is 356 g/mol. The molecule has 0 radical (unpaired) electrons. The highest BCUT2D eigenvalue weighted by molar-refractivity contribution is 7.81. The van der Waals surface area contributed by atoms with E-state index in [1.165, 1.54) is 0 Å². The van der Waals surface area contributed by atoms with Gasteiger partial charge < -0.3 is 19.5 Å². The van der Waals surface area contributed by atoms with Gasteiger partial charge in [-0.3, -0.25) is 4.79 Å². The van der Waals surface area contributed by atoms with E-state index >= 15 is 0 Å². The van der Waals surface area contributed by atoms with E-state index in [1.807, 2.05) is 26.0 Å². The average Bonchev–Trinajstić information content (AvgIpc) is 2.57. The number of anilines is 1. The summed E-state index contributed by atoms with van der Waals surface area (Å²) in [5, 5.41) is 3.15. The number of carbonyl (C=O) groups excluding carboxylic acids is 1. The first kappa shape index (κ1) is 20.7. The lowest BCUT2D eigenvalue weighted by Crippen LogP contribution is -2.10. The van der Waals surface area contributed by atoms with Crippen LogP contribution in [0.5, 0.6) is 5.75 Å². The van der Waals surface area contributed by atoms with Crippen molar-refractivity contribution in [3.63, 3.8) is 0 Å². The van der Waals surface area contributed by atoms with Crippen molar-refractivity contribution in [2.24, 2.45) is 0 Å². The van der Waals surface area contributed by atoms with Crippen molar-refractivity contribution in [1.29, 1.82) is 0 Å². The Morgan fingerprint density at radius 1 is 1.21 bits per heavy atom. The molecule has 7 heteroatoms. The zero-order valence-electron chi connectivity index (χ0n) is 14.5. The Bertz CT molecular complexity index is 454. The summed E-state index contributed by atoms with van der Waals surface area (Å²) in [6, 6.07) is 3.74. The van der Waals surface area contributed by atoms with Gasteiger partial charge in [0.05, 0.1) is 18.2 Å². The molecule has 24 heavy (non-hydrogen) atoms. The van der Waals surface area contributed by atoms with E-state index in [2.05, 4.69) is 22.9 Å². The molecule has 0 fully saturated rings. The van der Waals surface area contributed by atoms with Gasteiger partial charge >= 0.3 is 0 Å². The second-order valence-electron chi connectivity index (χ2n) is 5.31. The zero-order chi connectivity index (χ0) is 17.6. The van der Waals surface area contributed by atoms with Crippen molar-refractivity contribution in [3.8, 4) is 5.75 Å². The van der Waals surface area contributed by atoms with Crippen molar-refractivity contribution >= 4 is 24.2 Å². The van der Waals surface area contributed by atoms with Crippen LogP contribution < -0.4 is 10.1 Å². The number of carbonyl (C=O) groups is 1. The molecule has 1 aromatic rings. The molecule has 1 atom stereocenters. The lowest BCUT2D eigenvalue weighted by molar-refractivity contribution is -0.123. The van der Waals surface area contributed by atoms with Crippen LogP contribution in [0.4, 0.5) is 5.82 Å². The van der Waals surface area contributed by atoms with Gasteiger partial charge in [-0.2, -0.15) is 12.6 Å². The van der Waals surface area contributed by atoms with E-state index in [-0.39, 0.29) is 17.8 Å². The number of pyridine rings is 1. The Labute approximate surface area is 149 Å². The number of aromatic nitrogens is 1. The standard InChI is InChI=1S/C17H28N2O4S/c1-3-15(20)13-22-10-4-8-21-9-5-11-23-16-6-7-17(18-12-16)19-14(2)24/h6-7,12,14,24H,3-5,8-11,13H2,1-2H3,(H,18,19). The first-order valence-electron chi connectivity index (χ1n) is 8.32. The fourth-order valence-electron chi connectivity index (χ4n) is 1.77. The zero-order valence-corrected chi connectivity index (χ0v) is 15.4. The van der Waals surface area contributed by atoms with E-state index < -0.39 is 0 Å². The molecule has 0 aliphatic heterocycles. The molecule has 0 aliphatic carbocycles. The Morgan fingerprint density at radius 2 is 1.92 bits per heavy atom. The maximum absolute atomic E-state index is 11.0. The van der Waals surface area contributed by atoms with E-state index in [1.54, 1.807) is 6.20 Å². The number of ether oxygens (including phenoxy) is 3. The molecule has 1 rings (SSSR count). The number of hydrogen-bond donors (Lipinski definition) is 2. The van der Waals surface area contributed by atoms with Gasteiger partial charge in [-0.1, -0.05) is 6.92 Å². The average molecular weight is 356 g/mol. The highest BCUT2D eigenvalue weighted by Gasteiger charge is 2.00. The minimum absolute atomic E-state index is 0.0546. The molecule has 6 nitrogen and oxygen atoms in total. The second-order valence-corrected chi connectivity index (χ2v) is 6.09. The predicted octanol–water partition coefficient (Wildman–Crippen LogP) is 2.94. The van der Waals surface area contributed by atoms with Crippen LogP contribution in [0.2, 0.25) is 0 Å². The fraction of sp³-hybridized carbons (Fsp3) is 0.647. The van der Waals surface area contributed by atoms with Gasteiger partial charge in [-0.15, -0.1) is 0 Å². The molecule has 0 amide bonds. The van der Waals surface area contributed by atoms with E-state index in [4.69, 9.17) is 14.2 Å². The highest BCUT2D eigenvalue weighted by atomic mass is 32.1. The Hall–Kier alpha value is -1.31. The van der Waals surface area contributed by atoms with Gasteiger partial charge in [0.1, 0.15) is 18.2 Å². The van der Waals surface area contributed by atoms with E-state index in [0.717, 1.165) is 24.4 Å². The van der Waals surface area contributed by atoms with Crippen LogP contribution in [0, 0.1) is 0 Å². The van der Waals surface area contributed by atoms with Crippen molar-refractivity contribution in [2.45, 2.75) is 38.5 Å². The topological polar surface area (TPSA) is 69.7 Å². The molecule has 136 valence electrons. The largest absolute Gasteiger partial charge is 0.492 e. The Morgan fingerprint density at radius 3 is 2.54 bits per heavy atom. The minimum Gasteiger partial charge on any atom is -0.492 e. The number of nitrogens with zero attached hydrogens (tertiary/aromatic N) is 1. The third-order valence-corrected chi connectivity index (χ3v) is 3.16. The van der Waals surface area contributed by atoms with Gasteiger partial charge in [0, 0.05) is 32.7 Å². The lowest BCUT2D eigenvalue weighted by Gasteiger charge is -2.10. The van der Waals surface area contributed by atoms with Crippen molar-refractivity contribution in [3.05, 3.63) is 18.3 Å². The predicted molar refractivity (Wildman–Crippen MR) is 98.0 cm³/mol. The Balaban J connectivity index is 1.95. The van der Waals surface area contributed by atoms with Crippen molar-refractivity contribution < 1.29 is 19.0 Å². The number of ketones is 1. The molecule has 1 heterocycles. The van der Waals surface area contributed by atoms with Gasteiger partial charge in [-0.25, -0.2) is 4.98 Å². The number of hydrogen-bond acceptors (Lipinski definition) is 7. The third kappa shape index (κ3) is 10.5. The fourth-order valence-corrected chi connectivity index (χ4v) is 1.90. The Kier molecular flexibility index (Phi) is 11.3. The third-order valence-electron chi connectivity index (χ3n) is 3.03.